The molecule has 8 atom stereocenters. The number of anilines is 2. The summed E-state index contributed by atoms with van der Waals surface area (Å²) in [7, 11) is -2.57. The second kappa shape index (κ2) is 10.9. The van der Waals surface area contributed by atoms with Crippen LogP contribution in [-0.2, 0) is 27.6 Å². The van der Waals surface area contributed by atoms with E-state index in [9.17, 15) is 19.4 Å². The smallest absolute Gasteiger partial charge is 0.388 e. The summed E-state index contributed by atoms with van der Waals surface area (Å²) in [6.07, 6.45) is -0.922. The van der Waals surface area contributed by atoms with Gasteiger partial charge < -0.3 is 35.5 Å². The number of hydrogen-bond acceptors (Lipinski definition) is 14. The van der Waals surface area contributed by atoms with Crippen LogP contribution in [0, 0.1) is 0 Å². The fraction of sp³-hybridized carbons (Fsp3) is 0.526. The lowest BCUT2D eigenvalue weighted by Gasteiger charge is -2.21. The molecular weight excluding hydrogens is 546 g/mol. The van der Waals surface area contributed by atoms with Gasteiger partial charge >= 0.3 is 13.5 Å². The van der Waals surface area contributed by atoms with Gasteiger partial charge in [-0.25, -0.2) is 24.3 Å². The van der Waals surface area contributed by atoms with Gasteiger partial charge in [0.15, 0.2) is 17.7 Å². The first-order valence-electron chi connectivity index (χ1n) is 11.4. The van der Waals surface area contributed by atoms with E-state index in [0.717, 1.165) is 0 Å². The van der Waals surface area contributed by atoms with Gasteiger partial charge in [-0.2, -0.15) is 4.98 Å². The number of ether oxygens (including phenoxy) is 2. The molecule has 0 spiro atoms. The normalized spacial score (nSPS) is 29.1. The number of fused-ring (bicyclic) bond motifs is 1. The number of aliphatic hydroxyl groups is 1. The average Bonchev–Trinajstić information content (AvgIpc) is 3.55. The van der Waals surface area contributed by atoms with Crippen molar-refractivity contribution in [3.05, 3.63) is 35.4 Å². The quantitative estimate of drug-likeness (QED) is 0.236. The predicted octanol–water partition coefficient (Wildman–Crippen LogP) is -0.508. The number of rotatable bonds is 9. The lowest BCUT2D eigenvalue weighted by Crippen LogP contribution is -2.28. The molecule has 2 unspecified atom stereocenters. The van der Waals surface area contributed by atoms with E-state index in [1.807, 2.05) is 0 Å². The molecule has 2 aliphatic heterocycles. The van der Waals surface area contributed by atoms with Crippen molar-refractivity contribution in [2.45, 2.75) is 49.7 Å². The van der Waals surface area contributed by atoms with E-state index >= 15 is 0 Å². The third-order valence-corrected chi connectivity index (χ3v) is 7.33. The van der Waals surface area contributed by atoms with Crippen LogP contribution in [-0.4, -0.2) is 76.7 Å². The van der Waals surface area contributed by atoms with Crippen LogP contribution >= 0.6 is 17.3 Å². The maximum Gasteiger partial charge on any atom is 0.472 e. The van der Waals surface area contributed by atoms with Gasteiger partial charge in [0.05, 0.1) is 25.6 Å². The van der Waals surface area contributed by atoms with E-state index in [-0.39, 0.29) is 37.7 Å². The minimum absolute atomic E-state index is 0.00444. The molecule has 5 rings (SSSR count). The topological polar surface area (TPSA) is 234 Å². The van der Waals surface area contributed by atoms with Gasteiger partial charge in [-0.3, -0.25) is 18.2 Å². The zero-order valence-electron chi connectivity index (χ0n) is 19.7. The average molecular weight is 572 g/mol. The van der Waals surface area contributed by atoms with Gasteiger partial charge in [-0.05, 0) is 6.07 Å². The first kappa shape index (κ1) is 27.0. The summed E-state index contributed by atoms with van der Waals surface area (Å²) in [4.78, 5) is 38.4. The monoisotopic (exact) mass is 572 g/mol. The van der Waals surface area contributed by atoms with E-state index in [0.29, 0.717) is 11.2 Å². The fourth-order valence-corrected chi connectivity index (χ4v) is 5.56. The molecule has 0 radical (unpaired) electrons. The van der Waals surface area contributed by atoms with Crippen molar-refractivity contribution in [2.75, 3.05) is 24.7 Å². The van der Waals surface area contributed by atoms with E-state index in [1.54, 1.807) is 0 Å². The van der Waals surface area contributed by atoms with Crippen LogP contribution in [0.2, 0.25) is 0 Å². The number of phosphoric acid groups is 1. The summed E-state index contributed by atoms with van der Waals surface area (Å²) in [5.74, 6) is 0.232. The zero-order chi connectivity index (χ0) is 27.0. The number of nitrogens with two attached hydrogens (primary N) is 2. The Morgan fingerprint density at radius 2 is 2.00 bits per heavy atom. The molecule has 17 nitrogen and oxygen atoms in total. The Kier molecular flexibility index (Phi) is 7.73. The van der Waals surface area contributed by atoms with Gasteiger partial charge in [0.1, 0.15) is 42.2 Å². The molecular formula is C19H26N8O9P2. The highest BCUT2D eigenvalue weighted by molar-refractivity contribution is 7.47. The third kappa shape index (κ3) is 5.57. The summed E-state index contributed by atoms with van der Waals surface area (Å²) < 4.78 is 42.8. The van der Waals surface area contributed by atoms with Crippen molar-refractivity contribution in [2.24, 2.45) is 0 Å². The molecule has 6 N–H and O–H groups in total. The third-order valence-electron chi connectivity index (χ3n) is 6.12. The Labute approximate surface area is 216 Å². The molecule has 19 heteroatoms. The van der Waals surface area contributed by atoms with Crippen molar-refractivity contribution in [1.29, 1.82) is 0 Å². The molecule has 38 heavy (non-hydrogen) atoms. The number of aliphatic hydroxyl groups excluding tert-OH is 1. The van der Waals surface area contributed by atoms with Crippen LogP contribution in [0.15, 0.2) is 29.7 Å². The molecule has 0 saturated carbocycles. The lowest BCUT2D eigenvalue weighted by atomic mass is 10.2. The number of nitrogen functional groups attached to an aromatic ring is 2. The molecule has 0 aliphatic carbocycles. The minimum Gasteiger partial charge on any atom is -0.388 e. The maximum atomic E-state index is 12.8. The number of aromatic nitrogens is 6. The van der Waals surface area contributed by atoms with Crippen molar-refractivity contribution in [3.63, 3.8) is 0 Å². The number of imidazole rings is 1. The highest BCUT2D eigenvalue weighted by Crippen LogP contribution is 2.49. The van der Waals surface area contributed by atoms with Gasteiger partial charge in [0, 0.05) is 28.5 Å². The Bertz CT molecular complexity index is 1410. The Hall–Kier alpha value is -2.59. The molecule has 0 amide bonds. The standard InChI is InChI=1S/C19H26N8O9P2/c20-13-1-2-26(19(29)25-13)14-4-11(12(35-14)6-32-37)36-38(30,31)33-5-9-3-10(28)18(34-9)27-8-24-15-16(21)22-7-23-17(15)27/h1-2,7-12,14,18,28H,3-6,37H2,(H,30,31)(H2,20,25,29)(H2,21,22,23)/t9-,10-,11+,12-,14-,18-/m1/s1. The Morgan fingerprint density at radius 3 is 2.76 bits per heavy atom. The van der Waals surface area contributed by atoms with E-state index in [2.05, 4.69) is 29.4 Å². The van der Waals surface area contributed by atoms with E-state index in [1.165, 1.54) is 34.1 Å². The highest BCUT2D eigenvalue weighted by atomic mass is 31.2. The molecule has 5 heterocycles. The van der Waals surface area contributed by atoms with Crippen molar-refractivity contribution < 1.29 is 37.6 Å². The molecule has 3 aromatic rings. The van der Waals surface area contributed by atoms with Crippen LogP contribution in [0.1, 0.15) is 25.3 Å². The van der Waals surface area contributed by atoms with Crippen LogP contribution < -0.4 is 17.2 Å². The largest absolute Gasteiger partial charge is 0.472 e. The molecule has 2 fully saturated rings. The van der Waals surface area contributed by atoms with Gasteiger partial charge in [-0.15, -0.1) is 0 Å². The van der Waals surface area contributed by atoms with Crippen LogP contribution in [0.5, 0.6) is 0 Å². The number of phosphoric ester groups is 1. The first-order chi connectivity index (χ1) is 18.1. The number of hydrogen-bond donors (Lipinski definition) is 4. The molecule has 0 bridgehead atoms. The minimum atomic E-state index is -4.62. The Morgan fingerprint density at radius 1 is 1.18 bits per heavy atom. The molecule has 0 aromatic carbocycles. The SMILES string of the molecule is Nc1ccn([C@H]2C[C@H](OP(=O)(O)OC[C@H]3C[C@@H](O)[C@H](n4cnc5c(N)ncnc54)O3)[C@@H](COP)O2)c(=O)n1. The van der Waals surface area contributed by atoms with Gasteiger partial charge in [0.2, 0.25) is 0 Å². The maximum absolute atomic E-state index is 12.8. The first-order valence-corrected chi connectivity index (χ1v) is 13.4. The van der Waals surface area contributed by atoms with E-state index in [4.69, 9.17) is 34.5 Å². The van der Waals surface area contributed by atoms with Crippen LogP contribution in [0.25, 0.3) is 11.2 Å². The number of nitrogens with zero attached hydrogens (tertiary/aromatic N) is 6. The molecule has 206 valence electrons. The highest BCUT2D eigenvalue weighted by Gasteiger charge is 2.43. The zero-order valence-corrected chi connectivity index (χ0v) is 21.8. The molecule has 3 aromatic heterocycles. The summed E-state index contributed by atoms with van der Waals surface area (Å²) in [6.45, 7) is -0.357. The lowest BCUT2D eigenvalue weighted by molar-refractivity contribution is -0.0543. The fourth-order valence-electron chi connectivity index (χ4n) is 4.39. The summed E-state index contributed by atoms with van der Waals surface area (Å²) >= 11 is 0. The van der Waals surface area contributed by atoms with Crippen molar-refractivity contribution in [1.82, 2.24) is 29.1 Å². The predicted molar refractivity (Wildman–Crippen MR) is 132 cm³/mol. The molecule has 2 aliphatic rings. The van der Waals surface area contributed by atoms with Crippen molar-refractivity contribution in [3.8, 4) is 0 Å². The summed E-state index contributed by atoms with van der Waals surface area (Å²) in [5, 5.41) is 10.6. The van der Waals surface area contributed by atoms with E-state index < -0.39 is 50.4 Å². The van der Waals surface area contributed by atoms with Crippen LogP contribution in [0.4, 0.5) is 11.6 Å². The van der Waals surface area contributed by atoms with Crippen LogP contribution in [0.3, 0.4) is 0 Å². The second-order valence-corrected chi connectivity index (χ2v) is 10.4. The van der Waals surface area contributed by atoms with Crippen molar-refractivity contribution >= 4 is 40.1 Å². The van der Waals surface area contributed by atoms with Gasteiger partial charge in [0.25, 0.3) is 0 Å². The Balaban J connectivity index is 1.21. The summed E-state index contributed by atoms with van der Waals surface area (Å²) in [5.41, 5.74) is 11.4. The van der Waals surface area contributed by atoms with Gasteiger partial charge in [-0.1, -0.05) is 0 Å². The second-order valence-electron chi connectivity index (χ2n) is 8.68. The molecule has 2 saturated heterocycles. The summed E-state index contributed by atoms with van der Waals surface area (Å²) in [6, 6.07) is 1.43.